The van der Waals surface area contributed by atoms with Gasteiger partial charge >= 0.3 is 0 Å². The summed E-state index contributed by atoms with van der Waals surface area (Å²) >= 11 is 0. The average Bonchev–Trinajstić information content (AvgIpc) is 3.45. The van der Waals surface area contributed by atoms with Crippen LogP contribution in [0.25, 0.3) is 10.9 Å². The lowest BCUT2D eigenvalue weighted by molar-refractivity contribution is -0.123. The van der Waals surface area contributed by atoms with Gasteiger partial charge in [0, 0.05) is 69.0 Å². The number of likely N-dealkylation sites (tertiary alicyclic amines) is 1. The quantitative estimate of drug-likeness (QED) is 0.358. The molecule has 2 fully saturated rings. The van der Waals surface area contributed by atoms with Crippen molar-refractivity contribution < 1.29 is 28.2 Å². The second-order valence-electron chi connectivity index (χ2n) is 12.2. The van der Waals surface area contributed by atoms with E-state index in [-0.39, 0.29) is 41.9 Å². The SMILES string of the molecule is COCCn1cc(C(=O)N2CCC(c3cc(CNC(=O)C(N)C(C)C)ccc3F)CC2)c2c(C(=O)N3CCOCC3)cccc21. The molecule has 3 aromatic rings. The van der Waals surface area contributed by atoms with Crippen LogP contribution in [0.5, 0.6) is 0 Å². The van der Waals surface area contributed by atoms with Crippen molar-refractivity contribution in [1.82, 2.24) is 19.7 Å². The van der Waals surface area contributed by atoms with Crippen molar-refractivity contribution in [2.75, 3.05) is 53.1 Å². The molecule has 2 saturated heterocycles. The van der Waals surface area contributed by atoms with Crippen molar-refractivity contribution in [3.05, 3.63) is 70.7 Å². The number of rotatable bonds is 10. The summed E-state index contributed by atoms with van der Waals surface area (Å²) in [5.41, 5.74) is 9.15. The number of carbonyl (C=O) groups excluding carboxylic acids is 3. The number of fused-ring (bicyclic) bond motifs is 1. The number of benzene rings is 2. The van der Waals surface area contributed by atoms with Crippen LogP contribution in [0.4, 0.5) is 4.39 Å². The molecule has 3 amide bonds. The van der Waals surface area contributed by atoms with Gasteiger partial charge in [-0.2, -0.15) is 0 Å². The van der Waals surface area contributed by atoms with Crippen LogP contribution in [0.15, 0.2) is 42.6 Å². The van der Waals surface area contributed by atoms with Crippen molar-refractivity contribution in [3.63, 3.8) is 0 Å². The molecule has 0 spiro atoms. The highest BCUT2D eigenvalue weighted by Crippen LogP contribution is 2.33. The number of methoxy groups -OCH3 is 1. The summed E-state index contributed by atoms with van der Waals surface area (Å²) in [7, 11) is 1.63. The lowest BCUT2D eigenvalue weighted by atomic mass is 9.88. The van der Waals surface area contributed by atoms with Gasteiger partial charge in [0.25, 0.3) is 11.8 Å². The minimum atomic E-state index is -0.602. The fourth-order valence-corrected chi connectivity index (χ4v) is 6.19. The highest BCUT2D eigenvalue weighted by Gasteiger charge is 2.30. The van der Waals surface area contributed by atoms with E-state index in [1.54, 1.807) is 29.0 Å². The fraction of sp³-hybridized carbons (Fsp3) is 0.500. The van der Waals surface area contributed by atoms with E-state index in [2.05, 4.69) is 5.32 Å². The molecule has 1 atom stereocenters. The van der Waals surface area contributed by atoms with Gasteiger partial charge < -0.3 is 34.9 Å². The molecule has 2 aromatic carbocycles. The highest BCUT2D eigenvalue weighted by atomic mass is 19.1. The summed E-state index contributed by atoms with van der Waals surface area (Å²) in [5.74, 6) is -0.832. The number of piperidine rings is 1. The van der Waals surface area contributed by atoms with Gasteiger partial charge in [-0.1, -0.05) is 32.0 Å². The van der Waals surface area contributed by atoms with Crippen LogP contribution in [0.1, 0.15) is 64.4 Å². The Bertz CT molecular complexity index is 1520. The lowest BCUT2D eigenvalue weighted by Gasteiger charge is -2.32. The number of nitrogens with zero attached hydrogens (tertiary/aromatic N) is 3. The summed E-state index contributed by atoms with van der Waals surface area (Å²) in [6, 6.07) is 9.90. The molecule has 0 aliphatic carbocycles. The molecule has 5 rings (SSSR count). The second-order valence-corrected chi connectivity index (χ2v) is 12.2. The molecule has 0 bridgehead atoms. The Labute approximate surface area is 263 Å². The number of halogens is 1. The minimum Gasteiger partial charge on any atom is -0.383 e. The predicted octanol–water partition coefficient (Wildman–Crippen LogP) is 3.52. The van der Waals surface area contributed by atoms with Crippen molar-refractivity contribution in [2.24, 2.45) is 11.7 Å². The van der Waals surface area contributed by atoms with E-state index in [9.17, 15) is 14.4 Å². The molecule has 45 heavy (non-hydrogen) atoms. The molecule has 3 heterocycles. The molecule has 1 unspecified atom stereocenters. The van der Waals surface area contributed by atoms with Crippen LogP contribution in [0.2, 0.25) is 0 Å². The maximum Gasteiger partial charge on any atom is 0.256 e. The Morgan fingerprint density at radius 3 is 2.40 bits per heavy atom. The molecular formula is C34H44FN5O5. The number of aromatic nitrogens is 1. The van der Waals surface area contributed by atoms with Gasteiger partial charge in [0.2, 0.25) is 5.91 Å². The maximum absolute atomic E-state index is 15.0. The molecular weight excluding hydrogens is 577 g/mol. The first-order chi connectivity index (χ1) is 21.7. The first-order valence-electron chi connectivity index (χ1n) is 15.8. The first-order valence-corrected chi connectivity index (χ1v) is 15.8. The van der Waals surface area contributed by atoms with E-state index >= 15 is 4.39 Å². The zero-order chi connectivity index (χ0) is 32.1. The highest BCUT2D eigenvalue weighted by molar-refractivity contribution is 6.15. The molecule has 11 heteroatoms. The summed E-state index contributed by atoms with van der Waals surface area (Å²) in [4.78, 5) is 43.6. The van der Waals surface area contributed by atoms with E-state index in [4.69, 9.17) is 15.2 Å². The Kier molecular flexibility index (Phi) is 10.5. The third-order valence-corrected chi connectivity index (χ3v) is 8.97. The normalized spacial score (nSPS) is 16.8. The molecule has 242 valence electrons. The van der Waals surface area contributed by atoms with Crippen LogP contribution in [0, 0.1) is 11.7 Å². The van der Waals surface area contributed by atoms with E-state index in [1.807, 2.05) is 42.8 Å². The molecule has 0 saturated carbocycles. The molecule has 2 aliphatic heterocycles. The fourth-order valence-electron chi connectivity index (χ4n) is 6.19. The van der Waals surface area contributed by atoms with Crippen LogP contribution in [0.3, 0.4) is 0 Å². The Morgan fingerprint density at radius 2 is 1.71 bits per heavy atom. The summed E-state index contributed by atoms with van der Waals surface area (Å²) < 4.78 is 27.7. The number of carbonyl (C=O) groups is 3. The zero-order valence-electron chi connectivity index (χ0n) is 26.4. The van der Waals surface area contributed by atoms with Crippen LogP contribution >= 0.6 is 0 Å². The van der Waals surface area contributed by atoms with Crippen molar-refractivity contribution >= 4 is 28.6 Å². The van der Waals surface area contributed by atoms with E-state index in [0.717, 1.165) is 11.1 Å². The third kappa shape index (κ3) is 7.21. The van der Waals surface area contributed by atoms with Gasteiger partial charge in [-0.05, 0) is 54.0 Å². The number of ether oxygens (including phenoxy) is 2. The smallest absolute Gasteiger partial charge is 0.256 e. The molecule has 0 radical (unpaired) electrons. The number of hydrogen-bond donors (Lipinski definition) is 2. The van der Waals surface area contributed by atoms with Crippen molar-refractivity contribution in [2.45, 2.75) is 51.7 Å². The molecule has 10 nitrogen and oxygen atoms in total. The van der Waals surface area contributed by atoms with Gasteiger partial charge in [-0.25, -0.2) is 4.39 Å². The number of morpholine rings is 1. The second kappa shape index (κ2) is 14.5. The zero-order valence-corrected chi connectivity index (χ0v) is 26.4. The minimum absolute atomic E-state index is 0.0143. The maximum atomic E-state index is 15.0. The van der Waals surface area contributed by atoms with Gasteiger partial charge in [-0.3, -0.25) is 14.4 Å². The van der Waals surface area contributed by atoms with E-state index < -0.39 is 6.04 Å². The Morgan fingerprint density at radius 1 is 1.02 bits per heavy atom. The number of amides is 3. The summed E-state index contributed by atoms with van der Waals surface area (Å²) in [5, 5.41) is 3.50. The van der Waals surface area contributed by atoms with Crippen LogP contribution in [-0.4, -0.2) is 91.2 Å². The van der Waals surface area contributed by atoms with Gasteiger partial charge in [0.05, 0.1) is 31.4 Å². The molecule has 3 N–H and O–H groups in total. The summed E-state index contributed by atoms with van der Waals surface area (Å²) in [6.07, 6.45) is 3.02. The lowest BCUT2D eigenvalue weighted by Crippen LogP contribution is -2.43. The monoisotopic (exact) mass is 621 g/mol. The average molecular weight is 622 g/mol. The van der Waals surface area contributed by atoms with Crippen LogP contribution in [-0.2, 0) is 27.4 Å². The van der Waals surface area contributed by atoms with Crippen LogP contribution < -0.4 is 11.1 Å². The van der Waals surface area contributed by atoms with Gasteiger partial charge in [0.1, 0.15) is 5.82 Å². The summed E-state index contributed by atoms with van der Waals surface area (Å²) in [6.45, 7) is 7.95. The van der Waals surface area contributed by atoms with Crippen molar-refractivity contribution in [1.29, 1.82) is 0 Å². The Hall–Kier alpha value is -3.80. The largest absolute Gasteiger partial charge is 0.383 e. The van der Waals surface area contributed by atoms with E-state index in [1.165, 1.54) is 6.07 Å². The van der Waals surface area contributed by atoms with Gasteiger partial charge in [-0.15, -0.1) is 0 Å². The number of nitrogens with one attached hydrogen (secondary N) is 1. The third-order valence-electron chi connectivity index (χ3n) is 8.97. The Balaban J connectivity index is 1.33. The number of nitrogens with two attached hydrogens (primary N) is 1. The van der Waals surface area contributed by atoms with Gasteiger partial charge in [0.15, 0.2) is 0 Å². The first kappa shape index (κ1) is 32.6. The van der Waals surface area contributed by atoms with Crippen molar-refractivity contribution in [3.8, 4) is 0 Å². The van der Waals surface area contributed by atoms with E-state index in [0.29, 0.717) is 87.5 Å². The predicted molar refractivity (Wildman–Crippen MR) is 169 cm³/mol. The number of hydrogen-bond acceptors (Lipinski definition) is 6. The topological polar surface area (TPSA) is 119 Å². The molecule has 2 aliphatic rings. The molecule has 1 aromatic heterocycles. The standard InChI is InChI=1S/C34H44FN5O5/c1-22(2)31(36)32(41)37-20-23-7-8-28(35)26(19-23)24-9-11-38(12-10-24)34(43)27-21-40(13-16-44-3)29-6-4-5-25(30(27)29)33(42)39-14-17-45-18-15-39/h4-8,19,21-22,24,31H,9-18,20,36H2,1-3H3,(H,37,41).